The molecule has 1 aliphatic rings. The van der Waals surface area contributed by atoms with Gasteiger partial charge in [0.2, 0.25) is 0 Å². The van der Waals surface area contributed by atoms with Crippen LogP contribution in [0.3, 0.4) is 0 Å². The molecular weight excluding hydrogens is 220 g/mol. The lowest BCUT2D eigenvalue weighted by atomic mass is 9.79. The molecule has 1 heterocycles. The normalized spacial score (nSPS) is 28.9. The highest BCUT2D eigenvalue weighted by Crippen LogP contribution is 2.31. The number of hydrogen-bond donors (Lipinski definition) is 3. The van der Waals surface area contributed by atoms with Crippen molar-refractivity contribution in [2.45, 2.75) is 38.2 Å². The van der Waals surface area contributed by atoms with Gasteiger partial charge >= 0.3 is 0 Å². The van der Waals surface area contributed by atoms with Crippen LogP contribution in [0.25, 0.3) is 0 Å². The third kappa shape index (κ3) is 3.03. The Morgan fingerprint density at radius 2 is 2.59 bits per heavy atom. The first-order valence-electron chi connectivity index (χ1n) is 5.95. The summed E-state index contributed by atoms with van der Waals surface area (Å²) in [5.74, 6) is 0.211. The molecule has 0 bridgehead atoms. The van der Waals surface area contributed by atoms with E-state index in [0.29, 0.717) is 5.92 Å². The van der Waals surface area contributed by atoms with E-state index in [9.17, 15) is 9.90 Å². The topological polar surface area (TPSA) is 90.9 Å². The second-order valence-electron chi connectivity index (χ2n) is 4.96. The number of hydrogen-bond acceptors (Lipinski definition) is 4. The van der Waals surface area contributed by atoms with Crippen LogP contribution in [0.1, 0.15) is 43.1 Å². The first kappa shape index (κ1) is 12.0. The van der Waals surface area contributed by atoms with Crippen molar-refractivity contribution in [3.05, 3.63) is 11.9 Å². The van der Waals surface area contributed by atoms with Crippen LogP contribution in [0.5, 0.6) is 0 Å². The van der Waals surface area contributed by atoms with E-state index >= 15 is 0 Å². The average Bonchev–Trinajstić information content (AvgIpc) is 2.79. The summed E-state index contributed by atoms with van der Waals surface area (Å²) in [5.41, 5.74) is -0.519. The molecule has 2 atom stereocenters. The summed E-state index contributed by atoms with van der Waals surface area (Å²) < 4.78 is 0. The molecule has 6 heteroatoms. The van der Waals surface area contributed by atoms with Crippen LogP contribution < -0.4 is 5.32 Å². The minimum Gasteiger partial charge on any atom is -0.388 e. The number of H-pyrrole nitrogens is 1. The molecule has 1 aromatic heterocycles. The molecule has 0 aromatic carbocycles. The highest BCUT2D eigenvalue weighted by molar-refractivity contribution is 5.91. The monoisotopic (exact) mass is 238 g/mol. The SMILES string of the molecule is CC1CCCC(O)(CNC(=O)c2cn[nH]n2)C1. The van der Waals surface area contributed by atoms with Gasteiger partial charge < -0.3 is 10.4 Å². The van der Waals surface area contributed by atoms with Gasteiger partial charge in [-0.25, -0.2) is 0 Å². The van der Waals surface area contributed by atoms with Gasteiger partial charge in [0.25, 0.3) is 5.91 Å². The van der Waals surface area contributed by atoms with Crippen molar-refractivity contribution in [2.75, 3.05) is 6.54 Å². The van der Waals surface area contributed by atoms with Crippen LogP contribution in [0, 0.1) is 5.92 Å². The van der Waals surface area contributed by atoms with Crippen molar-refractivity contribution in [3.8, 4) is 0 Å². The standard InChI is InChI=1S/C11H18N4O2/c1-8-3-2-4-11(17,5-8)7-12-10(16)9-6-13-15-14-9/h6,8,17H,2-5,7H2,1H3,(H,12,16)(H,13,14,15). The third-order valence-electron chi connectivity index (χ3n) is 3.29. The summed E-state index contributed by atoms with van der Waals surface area (Å²) >= 11 is 0. The van der Waals surface area contributed by atoms with E-state index in [1.165, 1.54) is 6.20 Å². The van der Waals surface area contributed by atoms with Gasteiger partial charge in [0.15, 0.2) is 5.69 Å². The highest BCUT2D eigenvalue weighted by Gasteiger charge is 2.33. The third-order valence-corrected chi connectivity index (χ3v) is 3.29. The van der Waals surface area contributed by atoms with Crippen LogP contribution in [-0.2, 0) is 0 Å². The van der Waals surface area contributed by atoms with E-state index in [4.69, 9.17) is 0 Å². The number of nitrogens with zero attached hydrogens (tertiary/aromatic N) is 2. The van der Waals surface area contributed by atoms with Crippen LogP contribution in [0.15, 0.2) is 6.20 Å². The molecule has 2 unspecified atom stereocenters. The molecule has 0 saturated heterocycles. The van der Waals surface area contributed by atoms with Gasteiger partial charge in [-0.05, 0) is 18.8 Å². The Bertz CT molecular complexity index is 379. The van der Waals surface area contributed by atoms with E-state index < -0.39 is 5.60 Å². The zero-order valence-corrected chi connectivity index (χ0v) is 9.94. The second kappa shape index (κ2) is 4.83. The molecule has 2 rings (SSSR count). The van der Waals surface area contributed by atoms with Gasteiger partial charge in [0.05, 0.1) is 11.8 Å². The fourth-order valence-corrected chi connectivity index (χ4v) is 2.44. The number of carbonyl (C=O) groups is 1. The predicted octanol–water partition coefficient (Wildman–Crippen LogP) is 0.476. The van der Waals surface area contributed by atoms with E-state index in [2.05, 4.69) is 27.7 Å². The summed E-state index contributed by atoms with van der Waals surface area (Å²) in [6.45, 7) is 2.41. The Morgan fingerprint density at radius 1 is 1.76 bits per heavy atom. The number of aromatic nitrogens is 3. The van der Waals surface area contributed by atoms with Gasteiger partial charge in [-0.2, -0.15) is 15.4 Å². The maximum absolute atomic E-state index is 11.6. The van der Waals surface area contributed by atoms with E-state index in [1.54, 1.807) is 0 Å². The number of rotatable bonds is 3. The summed E-state index contributed by atoms with van der Waals surface area (Å²) in [6, 6.07) is 0. The maximum atomic E-state index is 11.6. The molecule has 3 N–H and O–H groups in total. The zero-order chi connectivity index (χ0) is 12.3. The van der Waals surface area contributed by atoms with Crippen molar-refractivity contribution >= 4 is 5.91 Å². The van der Waals surface area contributed by atoms with Crippen LogP contribution in [-0.4, -0.2) is 38.6 Å². The lowest BCUT2D eigenvalue weighted by Crippen LogP contribution is -2.45. The Balaban J connectivity index is 1.87. The minimum absolute atomic E-state index is 0.248. The molecule has 0 radical (unpaired) electrons. The van der Waals surface area contributed by atoms with Crippen molar-refractivity contribution in [3.63, 3.8) is 0 Å². The van der Waals surface area contributed by atoms with Gasteiger partial charge in [0, 0.05) is 6.54 Å². The molecule has 1 fully saturated rings. The van der Waals surface area contributed by atoms with E-state index in [1.807, 2.05) is 0 Å². The first-order valence-corrected chi connectivity index (χ1v) is 5.95. The van der Waals surface area contributed by atoms with E-state index in [0.717, 1.165) is 25.7 Å². The van der Waals surface area contributed by atoms with Crippen molar-refractivity contribution in [2.24, 2.45) is 5.92 Å². The predicted molar refractivity (Wildman–Crippen MR) is 61.3 cm³/mol. The van der Waals surface area contributed by atoms with Crippen molar-refractivity contribution < 1.29 is 9.90 Å². The lowest BCUT2D eigenvalue weighted by Gasteiger charge is -2.35. The number of aromatic amines is 1. The smallest absolute Gasteiger partial charge is 0.273 e. The van der Waals surface area contributed by atoms with Gasteiger partial charge in [-0.3, -0.25) is 4.79 Å². The summed E-state index contributed by atoms with van der Waals surface area (Å²) in [5, 5.41) is 22.7. The Labute approximate surface area is 99.8 Å². The molecule has 17 heavy (non-hydrogen) atoms. The molecule has 0 spiro atoms. The molecule has 1 amide bonds. The second-order valence-corrected chi connectivity index (χ2v) is 4.96. The summed E-state index contributed by atoms with van der Waals surface area (Å²) in [7, 11) is 0. The summed E-state index contributed by atoms with van der Waals surface area (Å²) in [6.07, 6.45) is 5.02. The molecule has 0 aliphatic heterocycles. The van der Waals surface area contributed by atoms with Crippen molar-refractivity contribution in [1.82, 2.24) is 20.7 Å². The van der Waals surface area contributed by atoms with E-state index in [-0.39, 0.29) is 18.1 Å². The largest absolute Gasteiger partial charge is 0.388 e. The number of aliphatic hydroxyl groups is 1. The molecule has 1 aliphatic carbocycles. The maximum Gasteiger partial charge on any atom is 0.273 e. The Hall–Kier alpha value is -1.43. The Morgan fingerprint density at radius 3 is 3.24 bits per heavy atom. The Kier molecular flexibility index (Phi) is 3.42. The fourth-order valence-electron chi connectivity index (χ4n) is 2.44. The van der Waals surface area contributed by atoms with Gasteiger partial charge in [0.1, 0.15) is 0 Å². The molecule has 6 nitrogen and oxygen atoms in total. The van der Waals surface area contributed by atoms with Crippen LogP contribution in [0.4, 0.5) is 0 Å². The van der Waals surface area contributed by atoms with Crippen LogP contribution in [0.2, 0.25) is 0 Å². The molecule has 1 aromatic rings. The quantitative estimate of drug-likeness (QED) is 0.714. The number of amides is 1. The average molecular weight is 238 g/mol. The molecule has 1 saturated carbocycles. The number of nitrogens with one attached hydrogen (secondary N) is 2. The highest BCUT2D eigenvalue weighted by atomic mass is 16.3. The molecule has 94 valence electrons. The first-order chi connectivity index (χ1) is 8.09. The number of carbonyl (C=O) groups excluding carboxylic acids is 1. The van der Waals surface area contributed by atoms with Crippen LogP contribution >= 0.6 is 0 Å². The zero-order valence-electron chi connectivity index (χ0n) is 9.94. The minimum atomic E-state index is -0.767. The fraction of sp³-hybridized carbons (Fsp3) is 0.727. The summed E-state index contributed by atoms with van der Waals surface area (Å²) in [4.78, 5) is 11.6. The van der Waals surface area contributed by atoms with Gasteiger partial charge in [-0.15, -0.1) is 0 Å². The molecular formula is C11H18N4O2. The lowest BCUT2D eigenvalue weighted by molar-refractivity contribution is -0.0109. The van der Waals surface area contributed by atoms with Gasteiger partial charge in [-0.1, -0.05) is 19.8 Å². The van der Waals surface area contributed by atoms with Crippen molar-refractivity contribution in [1.29, 1.82) is 0 Å².